The van der Waals surface area contributed by atoms with E-state index in [2.05, 4.69) is 0 Å². The van der Waals surface area contributed by atoms with E-state index in [4.69, 9.17) is 5.11 Å². The molecule has 0 aromatic heterocycles. The monoisotopic (exact) mass is 100 g/mol. The molecule has 0 fully saturated rings. The third-order valence-electron chi connectivity index (χ3n) is 0.811. The molecule has 1 aliphatic rings. The number of allylic oxidation sites excluding steroid dienone is 3. The summed E-state index contributed by atoms with van der Waals surface area (Å²) in [5.74, 6) is -0.227. The Morgan fingerprint density at radius 2 is 2.43 bits per heavy atom. The van der Waals surface area contributed by atoms with Crippen LogP contribution in [0.4, 0.5) is 4.39 Å². The molecule has 7 heavy (non-hydrogen) atoms. The zero-order chi connectivity index (χ0) is 5.28. The first kappa shape index (κ1) is 4.37. The second-order valence-corrected chi connectivity index (χ2v) is 1.42. The Kier molecular flexibility index (Phi) is 0.855. The number of aliphatic hydroxyl groups is 1. The summed E-state index contributed by atoms with van der Waals surface area (Å²) < 4.78 is 11.8. The van der Waals surface area contributed by atoms with E-state index in [0.717, 1.165) is 6.08 Å². The van der Waals surface area contributed by atoms with Gasteiger partial charge in [-0.15, -0.1) is 0 Å². The van der Waals surface area contributed by atoms with Crippen LogP contribution in [0.15, 0.2) is 23.7 Å². The van der Waals surface area contributed by atoms with Gasteiger partial charge in [0.15, 0.2) is 0 Å². The Bertz CT molecular complexity index is 135. The third kappa shape index (κ3) is 0.796. The van der Waals surface area contributed by atoms with Gasteiger partial charge in [0.1, 0.15) is 11.6 Å². The van der Waals surface area contributed by atoms with Gasteiger partial charge in [0, 0.05) is 12.5 Å². The highest BCUT2D eigenvalue weighted by molar-refractivity contribution is 5.22. The minimum absolute atomic E-state index is 0.0394. The Morgan fingerprint density at radius 3 is 2.57 bits per heavy atom. The molecule has 1 nitrogen and oxygen atoms in total. The average molecular weight is 100 g/mol. The van der Waals surface area contributed by atoms with E-state index in [1.54, 1.807) is 0 Å². The number of hydrogen-bond donors (Lipinski definition) is 1. The van der Waals surface area contributed by atoms with Gasteiger partial charge < -0.3 is 5.11 Å². The van der Waals surface area contributed by atoms with Crippen molar-refractivity contribution in [1.29, 1.82) is 0 Å². The standard InChI is InChI=1S/C5H5FO/c6-4-1-2-5(7)3-4/h2-3,7H,1H2. The Balaban J connectivity index is 2.69. The quantitative estimate of drug-likeness (QED) is 0.491. The van der Waals surface area contributed by atoms with Crippen LogP contribution in [0.5, 0.6) is 0 Å². The van der Waals surface area contributed by atoms with Crippen LogP contribution in [0, 0.1) is 0 Å². The highest BCUT2D eigenvalue weighted by Gasteiger charge is 2.01. The van der Waals surface area contributed by atoms with Crippen LogP contribution in [-0.4, -0.2) is 5.11 Å². The summed E-state index contributed by atoms with van der Waals surface area (Å²) in [7, 11) is 0. The average Bonchev–Trinajstić information content (AvgIpc) is 1.87. The summed E-state index contributed by atoms with van der Waals surface area (Å²) in [5.41, 5.74) is 0. The lowest BCUT2D eigenvalue weighted by molar-refractivity contribution is 0.432. The summed E-state index contributed by atoms with van der Waals surface area (Å²) in [6.07, 6.45) is 2.79. The number of rotatable bonds is 0. The maximum Gasteiger partial charge on any atom is 0.114 e. The minimum atomic E-state index is -0.266. The molecule has 38 valence electrons. The summed E-state index contributed by atoms with van der Waals surface area (Å²) in [5, 5.41) is 8.44. The molecular formula is C5H5FO. The molecule has 0 atom stereocenters. The molecule has 0 aliphatic heterocycles. The van der Waals surface area contributed by atoms with Crippen molar-refractivity contribution in [2.45, 2.75) is 6.42 Å². The molecule has 0 heterocycles. The van der Waals surface area contributed by atoms with Crippen LogP contribution in [0.2, 0.25) is 0 Å². The Morgan fingerprint density at radius 1 is 1.71 bits per heavy atom. The van der Waals surface area contributed by atoms with Crippen molar-refractivity contribution in [3.8, 4) is 0 Å². The van der Waals surface area contributed by atoms with Gasteiger partial charge in [-0.3, -0.25) is 0 Å². The summed E-state index contributed by atoms with van der Waals surface area (Å²) in [6.45, 7) is 0. The highest BCUT2D eigenvalue weighted by atomic mass is 19.1. The van der Waals surface area contributed by atoms with Gasteiger partial charge in [-0.05, 0) is 6.08 Å². The van der Waals surface area contributed by atoms with Crippen LogP contribution in [0.3, 0.4) is 0 Å². The lowest BCUT2D eigenvalue weighted by Gasteiger charge is -1.74. The van der Waals surface area contributed by atoms with Crippen molar-refractivity contribution >= 4 is 0 Å². The van der Waals surface area contributed by atoms with Gasteiger partial charge in [0.2, 0.25) is 0 Å². The molecule has 1 rings (SSSR count). The van der Waals surface area contributed by atoms with Gasteiger partial charge in [-0.2, -0.15) is 0 Å². The van der Waals surface area contributed by atoms with Crippen LogP contribution in [0.25, 0.3) is 0 Å². The fourth-order valence-corrected chi connectivity index (χ4v) is 0.480. The predicted molar refractivity (Wildman–Crippen MR) is 24.5 cm³/mol. The molecular weight excluding hydrogens is 95.1 g/mol. The maximum atomic E-state index is 11.8. The second kappa shape index (κ2) is 1.37. The van der Waals surface area contributed by atoms with E-state index in [1.807, 2.05) is 0 Å². The van der Waals surface area contributed by atoms with Crippen molar-refractivity contribution in [2.24, 2.45) is 0 Å². The first-order valence-electron chi connectivity index (χ1n) is 2.04. The summed E-state index contributed by atoms with van der Waals surface area (Å²) in [6, 6.07) is 0. The Hall–Kier alpha value is -0.790. The molecule has 1 N–H and O–H groups in total. The number of hydrogen-bond acceptors (Lipinski definition) is 1. The molecule has 2 heteroatoms. The molecule has 0 saturated heterocycles. The van der Waals surface area contributed by atoms with Crippen molar-refractivity contribution in [1.82, 2.24) is 0 Å². The topological polar surface area (TPSA) is 20.2 Å². The lowest BCUT2D eigenvalue weighted by atomic mass is 10.5. The van der Waals surface area contributed by atoms with Gasteiger partial charge in [-0.25, -0.2) is 4.39 Å². The van der Waals surface area contributed by atoms with E-state index in [1.165, 1.54) is 6.08 Å². The van der Waals surface area contributed by atoms with E-state index in [-0.39, 0.29) is 18.0 Å². The van der Waals surface area contributed by atoms with E-state index < -0.39 is 0 Å². The fraction of sp³-hybridized carbons (Fsp3) is 0.200. The van der Waals surface area contributed by atoms with Gasteiger partial charge >= 0.3 is 0 Å². The minimum Gasteiger partial charge on any atom is -0.508 e. The molecule has 0 aromatic rings. The van der Waals surface area contributed by atoms with Crippen LogP contribution < -0.4 is 0 Å². The maximum absolute atomic E-state index is 11.8. The predicted octanol–water partition coefficient (Wildman–Crippen LogP) is 1.69. The number of halogens is 1. The smallest absolute Gasteiger partial charge is 0.114 e. The van der Waals surface area contributed by atoms with E-state index in [9.17, 15) is 4.39 Å². The van der Waals surface area contributed by atoms with Crippen molar-refractivity contribution in [3.63, 3.8) is 0 Å². The molecule has 0 saturated carbocycles. The van der Waals surface area contributed by atoms with Gasteiger partial charge in [-0.1, -0.05) is 0 Å². The molecule has 0 bridgehead atoms. The second-order valence-electron chi connectivity index (χ2n) is 1.42. The van der Waals surface area contributed by atoms with Crippen LogP contribution in [-0.2, 0) is 0 Å². The molecule has 0 unspecified atom stereocenters. The zero-order valence-electron chi connectivity index (χ0n) is 3.69. The molecule has 0 radical (unpaired) electrons. The lowest BCUT2D eigenvalue weighted by Crippen LogP contribution is -1.61. The van der Waals surface area contributed by atoms with Crippen molar-refractivity contribution < 1.29 is 9.50 Å². The largest absolute Gasteiger partial charge is 0.508 e. The normalized spacial score (nSPS) is 19.0. The van der Waals surface area contributed by atoms with Crippen molar-refractivity contribution in [2.75, 3.05) is 0 Å². The SMILES string of the molecule is OC1=CCC(F)=C1. The molecule has 1 aliphatic carbocycles. The van der Waals surface area contributed by atoms with Crippen LogP contribution in [0.1, 0.15) is 6.42 Å². The first-order chi connectivity index (χ1) is 3.29. The Labute approximate surface area is 40.8 Å². The first-order valence-corrected chi connectivity index (χ1v) is 2.04. The molecule has 0 spiro atoms. The van der Waals surface area contributed by atoms with Crippen molar-refractivity contribution in [3.05, 3.63) is 23.7 Å². The number of aliphatic hydroxyl groups excluding tert-OH is 1. The zero-order valence-corrected chi connectivity index (χ0v) is 3.69. The summed E-state index contributed by atoms with van der Waals surface area (Å²) >= 11 is 0. The van der Waals surface area contributed by atoms with E-state index in [0.29, 0.717) is 0 Å². The van der Waals surface area contributed by atoms with Gasteiger partial charge in [0.25, 0.3) is 0 Å². The fourth-order valence-electron chi connectivity index (χ4n) is 0.480. The van der Waals surface area contributed by atoms with Crippen LogP contribution >= 0.6 is 0 Å². The highest BCUT2D eigenvalue weighted by Crippen LogP contribution is 2.14. The van der Waals surface area contributed by atoms with Gasteiger partial charge in [0.05, 0.1) is 0 Å². The molecule has 0 amide bonds. The molecule has 0 aromatic carbocycles. The summed E-state index contributed by atoms with van der Waals surface area (Å²) in [4.78, 5) is 0. The third-order valence-corrected chi connectivity index (χ3v) is 0.811. The van der Waals surface area contributed by atoms with E-state index >= 15 is 0 Å².